The topological polar surface area (TPSA) is 0 Å². The predicted molar refractivity (Wildman–Crippen MR) is 29.6 cm³/mol. The van der Waals surface area contributed by atoms with Gasteiger partial charge in [-0.05, 0) is 0 Å². The maximum absolute atomic E-state index is 1.72. The molecule has 0 aromatic carbocycles. The van der Waals surface area contributed by atoms with E-state index in [1.807, 2.05) is 0 Å². The van der Waals surface area contributed by atoms with E-state index in [1.165, 1.54) is 27.0 Å². The van der Waals surface area contributed by atoms with Gasteiger partial charge in [0.05, 0.1) is 0 Å². The Morgan fingerprint density at radius 3 is 2.50 bits per heavy atom. The second kappa shape index (κ2) is 4.61. The van der Waals surface area contributed by atoms with E-state index in [-0.39, 0.29) is 18.9 Å². The molecule has 0 saturated carbocycles. The third-order valence-electron chi connectivity index (χ3n) is 0.670. The third kappa shape index (κ3) is 2.60. The van der Waals surface area contributed by atoms with Crippen LogP contribution in [0.1, 0.15) is 6.42 Å². The molecule has 1 heterocycles. The molecule has 0 aliphatic carbocycles. The van der Waals surface area contributed by atoms with Crippen LogP contribution in [-0.4, -0.2) is 12.3 Å². The van der Waals surface area contributed by atoms with Crippen molar-refractivity contribution in [3.63, 3.8) is 0 Å². The molecule has 1 fully saturated rings. The molecule has 6 heavy (non-hydrogen) atoms. The minimum absolute atomic E-state index is 0. The van der Waals surface area contributed by atoms with Gasteiger partial charge in [-0.3, -0.25) is 8.27 Å². The summed E-state index contributed by atoms with van der Waals surface area (Å²) in [5, 5.41) is 0. The number of hydrogen-bond donors (Lipinski definition) is 0. The zero-order chi connectivity index (χ0) is 3.54. The van der Waals surface area contributed by atoms with E-state index in [4.69, 9.17) is 0 Å². The van der Waals surface area contributed by atoms with Gasteiger partial charge in [0.15, 0.2) is 0 Å². The standard InChI is InChI=1S/C3H7P2.Li/c1-2-4-5-3-1;/h4H,1-3H2;/q-1;+1. The normalized spacial score (nSPS) is 28.0. The van der Waals surface area contributed by atoms with E-state index >= 15 is 0 Å². The van der Waals surface area contributed by atoms with Crippen LogP contribution >= 0.6 is 16.5 Å². The van der Waals surface area contributed by atoms with Crippen LogP contribution in [0.25, 0.3) is 0 Å². The maximum Gasteiger partial charge on any atom is 1.00 e. The molecule has 0 spiro atoms. The monoisotopic (exact) mass is 112 g/mol. The molecule has 0 nitrogen and oxygen atoms in total. The predicted octanol–water partition coefficient (Wildman–Crippen LogP) is -1.07. The Hall–Kier alpha value is 1.46. The van der Waals surface area contributed by atoms with Crippen molar-refractivity contribution in [1.82, 2.24) is 0 Å². The summed E-state index contributed by atoms with van der Waals surface area (Å²) in [6, 6.07) is 0. The molecule has 0 amide bonds. The van der Waals surface area contributed by atoms with Gasteiger partial charge in [0, 0.05) is 0 Å². The molecular weight excluding hydrogens is 105 g/mol. The molecule has 1 rings (SSSR count). The molecule has 0 aromatic rings. The van der Waals surface area contributed by atoms with Crippen molar-refractivity contribution in [2.45, 2.75) is 6.42 Å². The minimum atomic E-state index is 0. The molecule has 1 aliphatic heterocycles. The first-order valence-electron chi connectivity index (χ1n) is 1.89. The second-order valence-corrected chi connectivity index (χ2v) is 4.62. The molecule has 30 valence electrons. The molecule has 3 heteroatoms. The van der Waals surface area contributed by atoms with Crippen LogP contribution in [-0.2, 0) is 0 Å². The summed E-state index contributed by atoms with van der Waals surface area (Å²) in [6.07, 6.45) is 4.50. The Morgan fingerprint density at radius 1 is 1.50 bits per heavy atom. The molecule has 0 N–H and O–H groups in total. The van der Waals surface area contributed by atoms with Crippen LogP contribution < -0.4 is 18.9 Å². The number of hydrogen-bond acceptors (Lipinski definition) is 0. The summed E-state index contributed by atoms with van der Waals surface area (Å²) < 4.78 is 0. The summed E-state index contributed by atoms with van der Waals surface area (Å²) in [7, 11) is 3.00. The van der Waals surface area contributed by atoms with Crippen molar-refractivity contribution in [2.75, 3.05) is 12.3 Å². The van der Waals surface area contributed by atoms with Gasteiger partial charge >= 0.3 is 18.9 Å². The summed E-state index contributed by atoms with van der Waals surface area (Å²) in [4.78, 5) is 0. The molecule has 1 saturated heterocycles. The molecule has 0 radical (unpaired) electrons. The summed E-state index contributed by atoms with van der Waals surface area (Å²) in [6.45, 7) is 0. The van der Waals surface area contributed by atoms with Crippen LogP contribution in [0.5, 0.6) is 0 Å². The summed E-state index contributed by atoms with van der Waals surface area (Å²) in [5.74, 6) is 0. The van der Waals surface area contributed by atoms with Crippen molar-refractivity contribution in [3.8, 4) is 0 Å². The van der Waals surface area contributed by atoms with Gasteiger partial charge in [-0.2, -0.15) is 6.16 Å². The van der Waals surface area contributed by atoms with Gasteiger partial charge in [-0.25, -0.2) is 0 Å². The van der Waals surface area contributed by atoms with Crippen molar-refractivity contribution < 1.29 is 18.9 Å². The Labute approximate surface area is 54.5 Å². The van der Waals surface area contributed by atoms with Gasteiger partial charge in [-0.1, -0.05) is 12.6 Å². The quantitative estimate of drug-likeness (QED) is 0.276. The molecular formula is C3H7LiP2. The van der Waals surface area contributed by atoms with E-state index in [0.717, 1.165) is 0 Å². The first-order valence-corrected chi connectivity index (χ1v) is 5.02. The molecule has 0 bridgehead atoms. The summed E-state index contributed by atoms with van der Waals surface area (Å²) >= 11 is 0. The Kier molecular flexibility index (Phi) is 5.73. The summed E-state index contributed by atoms with van der Waals surface area (Å²) in [5.41, 5.74) is 0. The van der Waals surface area contributed by atoms with Gasteiger partial charge in [0.1, 0.15) is 0 Å². The molecule has 1 unspecified atom stereocenters. The smallest absolute Gasteiger partial charge is 0.511 e. The fraction of sp³-hybridized carbons (Fsp3) is 1.00. The van der Waals surface area contributed by atoms with Gasteiger partial charge in [0.2, 0.25) is 0 Å². The van der Waals surface area contributed by atoms with Crippen LogP contribution in [0.3, 0.4) is 0 Å². The average Bonchev–Trinajstić information content (AvgIpc) is 1.76. The average molecular weight is 112 g/mol. The van der Waals surface area contributed by atoms with Gasteiger partial charge in [0.25, 0.3) is 0 Å². The Bertz CT molecular complexity index is 20.4. The van der Waals surface area contributed by atoms with Crippen LogP contribution in [0, 0.1) is 0 Å². The first-order chi connectivity index (χ1) is 2.50. The van der Waals surface area contributed by atoms with E-state index in [2.05, 4.69) is 0 Å². The second-order valence-electron chi connectivity index (χ2n) is 1.14. The SMILES string of the molecule is C1C[P-]PC1.[Li+]. The van der Waals surface area contributed by atoms with Gasteiger partial charge < -0.3 is 8.27 Å². The third-order valence-corrected chi connectivity index (χ3v) is 4.02. The zero-order valence-electron chi connectivity index (χ0n) is 4.07. The molecule has 1 aliphatic rings. The fourth-order valence-corrected chi connectivity index (χ4v) is 3.56. The van der Waals surface area contributed by atoms with Crippen LogP contribution in [0.4, 0.5) is 0 Å². The van der Waals surface area contributed by atoms with E-state index < -0.39 is 0 Å². The molecule has 1 atom stereocenters. The van der Waals surface area contributed by atoms with Crippen molar-refractivity contribution in [2.24, 2.45) is 0 Å². The van der Waals surface area contributed by atoms with Crippen molar-refractivity contribution in [1.29, 1.82) is 0 Å². The maximum atomic E-state index is 1.72. The Balaban J connectivity index is 0.000000250. The first kappa shape index (κ1) is 7.46. The zero-order valence-corrected chi connectivity index (χ0v) is 5.96. The van der Waals surface area contributed by atoms with E-state index in [9.17, 15) is 0 Å². The van der Waals surface area contributed by atoms with E-state index in [0.29, 0.717) is 0 Å². The number of rotatable bonds is 0. The molecule has 0 aromatic heterocycles. The fourth-order valence-electron chi connectivity index (χ4n) is 0.395. The van der Waals surface area contributed by atoms with Gasteiger partial charge in [-0.15, -0.1) is 0 Å². The van der Waals surface area contributed by atoms with Crippen molar-refractivity contribution >= 4 is 16.5 Å². The Morgan fingerprint density at radius 2 is 2.33 bits per heavy atom. The largest absolute Gasteiger partial charge is 1.00 e. The van der Waals surface area contributed by atoms with Crippen molar-refractivity contribution in [3.05, 3.63) is 0 Å². The van der Waals surface area contributed by atoms with E-state index in [1.54, 1.807) is 8.27 Å². The minimum Gasteiger partial charge on any atom is -0.511 e. The van der Waals surface area contributed by atoms with Crippen LogP contribution in [0.15, 0.2) is 0 Å². The van der Waals surface area contributed by atoms with Crippen LogP contribution in [0.2, 0.25) is 0 Å².